The summed E-state index contributed by atoms with van der Waals surface area (Å²) in [5, 5.41) is 9.27. The number of ether oxygens (including phenoxy) is 2. The third kappa shape index (κ3) is 7.36. The second-order valence-electron chi connectivity index (χ2n) is 6.14. The molecule has 0 aliphatic carbocycles. The lowest BCUT2D eigenvalue weighted by Gasteiger charge is -2.12. The van der Waals surface area contributed by atoms with Gasteiger partial charge in [-0.2, -0.15) is 4.98 Å². The van der Waals surface area contributed by atoms with Gasteiger partial charge in [0.05, 0.1) is 12.8 Å². The highest BCUT2D eigenvalue weighted by molar-refractivity contribution is 5.56. The minimum Gasteiger partial charge on any atom is -0.491 e. The summed E-state index contributed by atoms with van der Waals surface area (Å²) in [6.07, 6.45) is 3.08. The summed E-state index contributed by atoms with van der Waals surface area (Å²) in [5.41, 5.74) is 0.787. The fraction of sp³-hybridized carbons (Fsp3) is 0.474. The van der Waals surface area contributed by atoms with Gasteiger partial charge in [0.15, 0.2) is 11.6 Å². The zero-order valence-corrected chi connectivity index (χ0v) is 16.1. The predicted octanol–water partition coefficient (Wildman–Crippen LogP) is 3.18. The topological polar surface area (TPSA) is 80.3 Å². The summed E-state index contributed by atoms with van der Waals surface area (Å²) in [6.45, 7) is 3.79. The zero-order valence-electron chi connectivity index (χ0n) is 16.1. The summed E-state index contributed by atoms with van der Waals surface area (Å²) in [7, 11) is 3.56. The highest BCUT2D eigenvalue weighted by Crippen LogP contribution is 2.20. The molecule has 0 bridgehead atoms. The fourth-order valence-corrected chi connectivity index (χ4v) is 2.32. The summed E-state index contributed by atoms with van der Waals surface area (Å²) in [6, 6.07) is 7.80. The van der Waals surface area contributed by atoms with E-state index < -0.39 is 5.82 Å². The quantitative estimate of drug-likeness (QED) is 0.490. The van der Waals surface area contributed by atoms with E-state index in [1.165, 1.54) is 0 Å². The lowest BCUT2D eigenvalue weighted by atomic mass is 10.2. The van der Waals surface area contributed by atoms with Gasteiger partial charge in [-0.15, -0.1) is 0 Å². The van der Waals surface area contributed by atoms with Gasteiger partial charge in [0.1, 0.15) is 12.4 Å². The van der Waals surface area contributed by atoms with Crippen LogP contribution in [0.5, 0.6) is 5.75 Å². The highest BCUT2D eigenvalue weighted by Gasteiger charge is 2.07. The van der Waals surface area contributed by atoms with Crippen molar-refractivity contribution < 1.29 is 13.9 Å². The number of aromatic nitrogens is 2. The first-order valence-corrected chi connectivity index (χ1v) is 9.05. The van der Waals surface area contributed by atoms with E-state index in [0.717, 1.165) is 30.5 Å². The summed E-state index contributed by atoms with van der Waals surface area (Å²) in [4.78, 5) is 8.21. The summed E-state index contributed by atoms with van der Waals surface area (Å²) < 4.78 is 24.4. The molecule has 1 atom stereocenters. The zero-order chi connectivity index (χ0) is 19.5. The average Bonchev–Trinajstić information content (AvgIpc) is 2.68. The molecule has 0 saturated carbocycles. The Morgan fingerprint density at radius 3 is 2.67 bits per heavy atom. The standard InChI is InChI=1S/C19H28FN5O2/c1-14(21-2)5-4-10-22-18-17(20)13-23-19(25-18)24-15-6-8-16(9-7-15)27-12-11-26-3/h6-9,13-14,21H,4-5,10-12H2,1-3H3,(H2,22,23,24,25). The second kappa shape index (κ2) is 11.3. The van der Waals surface area contributed by atoms with Crippen molar-refractivity contribution in [3.63, 3.8) is 0 Å². The lowest BCUT2D eigenvalue weighted by molar-refractivity contribution is 0.146. The van der Waals surface area contributed by atoms with Crippen LogP contribution >= 0.6 is 0 Å². The second-order valence-corrected chi connectivity index (χ2v) is 6.14. The van der Waals surface area contributed by atoms with Crippen molar-refractivity contribution in [2.24, 2.45) is 0 Å². The first-order valence-electron chi connectivity index (χ1n) is 9.05. The van der Waals surface area contributed by atoms with Crippen LogP contribution < -0.4 is 20.7 Å². The van der Waals surface area contributed by atoms with Crippen molar-refractivity contribution in [3.8, 4) is 5.75 Å². The van der Waals surface area contributed by atoms with Crippen molar-refractivity contribution >= 4 is 17.5 Å². The molecule has 2 rings (SSSR count). The van der Waals surface area contributed by atoms with Crippen LogP contribution in [0.1, 0.15) is 19.8 Å². The van der Waals surface area contributed by atoms with Crippen LogP contribution in [0.15, 0.2) is 30.5 Å². The van der Waals surface area contributed by atoms with Crippen molar-refractivity contribution in [2.45, 2.75) is 25.8 Å². The molecule has 0 aliphatic heterocycles. The van der Waals surface area contributed by atoms with Crippen LogP contribution in [0.3, 0.4) is 0 Å². The Morgan fingerprint density at radius 2 is 1.96 bits per heavy atom. The molecule has 2 aromatic rings. The van der Waals surface area contributed by atoms with Gasteiger partial charge < -0.3 is 25.4 Å². The number of nitrogens with zero attached hydrogens (tertiary/aromatic N) is 2. The smallest absolute Gasteiger partial charge is 0.229 e. The molecule has 1 aromatic heterocycles. The normalized spacial score (nSPS) is 11.9. The van der Waals surface area contributed by atoms with Gasteiger partial charge >= 0.3 is 0 Å². The Labute approximate surface area is 159 Å². The molecule has 8 heteroatoms. The van der Waals surface area contributed by atoms with Gasteiger partial charge in [0.2, 0.25) is 5.95 Å². The maximum atomic E-state index is 13.9. The van der Waals surface area contributed by atoms with Crippen LogP contribution in [-0.4, -0.2) is 49.9 Å². The largest absolute Gasteiger partial charge is 0.491 e. The summed E-state index contributed by atoms with van der Waals surface area (Å²) >= 11 is 0. The van der Waals surface area contributed by atoms with E-state index in [1.54, 1.807) is 7.11 Å². The van der Waals surface area contributed by atoms with Crippen LogP contribution in [0.25, 0.3) is 0 Å². The number of hydrogen-bond donors (Lipinski definition) is 3. The van der Waals surface area contributed by atoms with E-state index >= 15 is 0 Å². The predicted molar refractivity (Wildman–Crippen MR) is 105 cm³/mol. The molecule has 7 nitrogen and oxygen atoms in total. The molecule has 0 radical (unpaired) electrons. The van der Waals surface area contributed by atoms with Crippen molar-refractivity contribution in [2.75, 3.05) is 44.5 Å². The van der Waals surface area contributed by atoms with Crippen LogP contribution in [0.2, 0.25) is 0 Å². The van der Waals surface area contributed by atoms with E-state index in [-0.39, 0.29) is 5.82 Å². The molecule has 1 heterocycles. The molecule has 27 heavy (non-hydrogen) atoms. The van der Waals surface area contributed by atoms with Crippen molar-refractivity contribution in [3.05, 3.63) is 36.3 Å². The van der Waals surface area contributed by atoms with E-state index in [2.05, 4.69) is 32.8 Å². The number of hydrogen-bond acceptors (Lipinski definition) is 7. The molecule has 1 aromatic carbocycles. The number of anilines is 3. The van der Waals surface area contributed by atoms with Gasteiger partial charge in [-0.05, 0) is 51.1 Å². The Morgan fingerprint density at radius 1 is 1.19 bits per heavy atom. The fourth-order valence-electron chi connectivity index (χ4n) is 2.32. The Kier molecular flexibility index (Phi) is 8.73. The molecule has 0 fully saturated rings. The maximum Gasteiger partial charge on any atom is 0.229 e. The molecule has 0 spiro atoms. The minimum atomic E-state index is -0.468. The molecule has 0 aliphatic rings. The molecular weight excluding hydrogens is 349 g/mol. The van der Waals surface area contributed by atoms with Gasteiger partial charge in [-0.25, -0.2) is 9.37 Å². The SMILES string of the molecule is CNC(C)CCCNc1nc(Nc2ccc(OCCOC)cc2)ncc1F. The van der Waals surface area contributed by atoms with Crippen molar-refractivity contribution in [1.82, 2.24) is 15.3 Å². The molecule has 0 amide bonds. The first-order chi connectivity index (χ1) is 13.1. The monoisotopic (exact) mass is 377 g/mol. The molecule has 0 saturated heterocycles. The van der Waals surface area contributed by atoms with E-state index in [1.807, 2.05) is 31.3 Å². The third-order valence-corrected chi connectivity index (χ3v) is 4.01. The summed E-state index contributed by atoms with van der Waals surface area (Å²) in [5.74, 6) is 0.805. The maximum absolute atomic E-state index is 13.9. The third-order valence-electron chi connectivity index (χ3n) is 4.01. The first kappa shape index (κ1) is 20.9. The number of halogens is 1. The van der Waals surface area contributed by atoms with Crippen molar-refractivity contribution in [1.29, 1.82) is 0 Å². The van der Waals surface area contributed by atoms with Crippen LogP contribution in [-0.2, 0) is 4.74 Å². The van der Waals surface area contributed by atoms with Crippen LogP contribution in [0.4, 0.5) is 21.8 Å². The number of nitrogens with one attached hydrogen (secondary N) is 3. The van der Waals surface area contributed by atoms with Gasteiger partial charge in [-0.1, -0.05) is 0 Å². The average molecular weight is 377 g/mol. The van der Waals surface area contributed by atoms with E-state index in [4.69, 9.17) is 9.47 Å². The number of rotatable bonds is 12. The Balaban J connectivity index is 1.89. The number of methoxy groups -OCH3 is 1. The van der Waals surface area contributed by atoms with E-state index in [9.17, 15) is 4.39 Å². The lowest BCUT2D eigenvalue weighted by Crippen LogP contribution is -2.22. The minimum absolute atomic E-state index is 0.198. The Bertz CT molecular complexity index is 684. The van der Waals surface area contributed by atoms with E-state index in [0.29, 0.717) is 31.7 Å². The van der Waals surface area contributed by atoms with Gasteiger partial charge in [0.25, 0.3) is 0 Å². The highest BCUT2D eigenvalue weighted by atomic mass is 19.1. The molecule has 148 valence electrons. The van der Waals surface area contributed by atoms with Gasteiger partial charge in [-0.3, -0.25) is 0 Å². The molecule has 3 N–H and O–H groups in total. The van der Waals surface area contributed by atoms with Crippen LogP contribution in [0, 0.1) is 5.82 Å². The molecule has 1 unspecified atom stereocenters. The van der Waals surface area contributed by atoms with Gasteiger partial charge in [0, 0.05) is 25.4 Å². The Hall–Kier alpha value is -2.45. The number of benzene rings is 1. The molecular formula is C19H28FN5O2.